The molecule has 0 aliphatic carbocycles. The van der Waals surface area contributed by atoms with Gasteiger partial charge in [-0.15, -0.1) is 5.10 Å². The highest BCUT2D eigenvalue weighted by Gasteiger charge is 2.21. The van der Waals surface area contributed by atoms with Gasteiger partial charge in [-0.1, -0.05) is 30.3 Å². The number of hydrogen-bond donors (Lipinski definition) is 0. The molecule has 1 aromatic heterocycles. The molecule has 18 heavy (non-hydrogen) atoms. The van der Waals surface area contributed by atoms with Crippen LogP contribution in [-0.4, -0.2) is 15.1 Å². The van der Waals surface area contributed by atoms with Gasteiger partial charge in [0, 0.05) is 19.6 Å². The van der Waals surface area contributed by atoms with Crippen molar-refractivity contribution in [2.75, 3.05) is 0 Å². The quantitative estimate of drug-likeness (QED) is 0.798. The van der Waals surface area contributed by atoms with Crippen molar-refractivity contribution in [3.63, 3.8) is 0 Å². The summed E-state index contributed by atoms with van der Waals surface area (Å²) in [6.45, 7) is 2.55. The van der Waals surface area contributed by atoms with Crippen molar-refractivity contribution in [3.05, 3.63) is 58.9 Å². The zero-order chi connectivity index (χ0) is 12.4. The van der Waals surface area contributed by atoms with Crippen molar-refractivity contribution in [2.45, 2.75) is 19.6 Å². The second kappa shape index (κ2) is 4.55. The Kier molecular flexibility index (Phi) is 2.75. The molecule has 0 saturated heterocycles. The van der Waals surface area contributed by atoms with E-state index in [2.05, 4.69) is 27.2 Å². The van der Waals surface area contributed by atoms with Gasteiger partial charge in [-0.25, -0.2) is 0 Å². The van der Waals surface area contributed by atoms with Gasteiger partial charge >= 0.3 is 0 Å². The molecule has 0 radical (unpaired) electrons. The lowest BCUT2D eigenvalue weighted by atomic mass is 10.2. The molecule has 1 aromatic carbocycles. The van der Waals surface area contributed by atoms with E-state index in [0.29, 0.717) is 5.69 Å². The average molecular weight is 236 g/mol. The van der Waals surface area contributed by atoms with Gasteiger partial charge in [0.25, 0.3) is 0 Å². The molecular formula is C14H12N4. The number of benzene rings is 1. The van der Waals surface area contributed by atoms with E-state index in [1.54, 1.807) is 0 Å². The molecule has 0 atom stereocenters. The van der Waals surface area contributed by atoms with E-state index < -0.39 is 0 Å². The van der Waals surface area contributed by atoms with Crippen LogP contribution in [0.25, 0.3) is 0 Å². The van der Waals surface area contributed by atoms with Crippen LogP contribution >= 0.6 is 0 Å². The van der Waals surface area contributed by atoms with Crippen molar-refractivity contribution in [1.82, 2.24) is 15.1 Å². The maximum Gasteiger partial charge on any atom is 0.163 e. The number of rotatable bonds is 2. The lowest BCUT2D eigenvalue weighted by molar-refractivity contribution is 0.273. The Morgan fingerprint density at radius 3 is 2.78 bits per heavy atom. The number of nitriles is 1. The third kappa shape index (κ3) is 2.08. The maximum atomic E-state index is 8.80. The Labute approximate surface area is 106 Å². The van der Waals surface area contributed by atoms with Crippen LogP contribution in [0.1, 0.15) is 22.5 Å². The molecule has 2 heterocycles. The first-order valence-corrected chi connectivity index (χ1v) is 5.87. The summed E-state index contributed by atoms with van der Waals surface area (Å²) in [5.41, 5.74) is 3.80. The average Bonchev–Trinajstić information content (AvgIpc) is 2.80. The summed E-state index contributed by atoms with van der Waals surface area (Å²) in [5, 5.41) is 16.8. The van der Waals surface area contributed by atoms with Gasteiger partial charge in [-0.05, 0) is 17.2 Å². The molecule has 0 amide bonds. The first kappa shape index (κ1) is 10.9. The predicted octanol–water partition coefficient (Wildman–Crippen LogP) is 1.86. The van der Waals surface area contributed by atoms with Gasteiger partial charge < -0.3 is 0 Å². The highest BCUT2D eigenvalue weighted by atomic mass is 15.2. The lowest BCUT2D eigenvalue weighted by Gasteiger charge is -2.13. The van der Waals surface area contributed by atoms with Crippen LogP contribution in [0.15, 0.2) is 36.4 Å². The van der Waals surface area contributed by atoms with Gasteiger partial charge in [0.1, 0.15) is 6.07 Å². The van der Waals surface area contributed by atoms with E-state index in [9.17, 15) is 0 Å². The molecule has 0 saturated carbocycles. The van der Waals surface area contributed by atoms with Crippen molar-refractivity contribution in [2.24, 2.45) is 0 Å². The Morgan fingerprint density at radius 1 is 1.17 bits per heavy atom. The Hall–Kier alpha value is -2.25. The van der Waals surface area contributed by atoms with E-state index in [1.807, 2.05) is 30.3 Å². The summed E-state index contributed by atoms with van der Waals surface area (Å²) in [6.07, 6.45) is 0. The minimum Gasteiger partial charge on any atom is -0.289 e. The van der Waals surface area contributed by atoms with Gasteiger partial charge in [-0.2, -0.15) is 10.4 Å². The van der Waals surface area contributed by atoms with Crippen molar-refractivity contribution in [3.8, 4) is 6.07 Å². The third-order valence-corrected chi connectivity index (χ3v) is 3.09. The first-order valence-electron chi connectivity index (χ1n) is 5.87. The number of fused-ring (bicyclic) bond motifs is 1. The minimum atomic E-state index is 0.398. The number of hydrogen-bond acceptors (Lipinski definition) is 4. The fraction of sp³-hybridized carbons (Fsp3) is 0.214. The van der Waals surface area contributed by atoms with Crippen LogP contribution < -0.4 is 0 Å². The molecule has 1 aliphatic heterocycles. The second-order valence-electron chi connectivity index (χ2n) is 4.44. The monoisotopic (exact) mass is 236 g/mol. The summed E-state index contributed by atoms with van der Waals surface area (Å²) in [5.74, 6) is 0. The zero-order valence-corrected chi connectivity index (χ0v) is 9.87. The van der Waals surface area contributed by atoms with E-state index in [0.717, 1.165) is 30.9 Å². The lowest BCUT2D eigenvalue weighted by Crippen LogP contribution is -2.15. The summed E-state index contributed by atoms with van der Waals surface area (Å²) in [6, 6.07) is 14.2. The summed E-state index contributed by atoms with van der Waals surface area (Å²) < 4.78 is 0. The van der Waals surface area contributed by atoms with Crippen LogP contribution in [0.4, 0.5) is 0 Å². The molecule has 0 fully saturated rings. The van der Waals surface area contributed by atoms with E-state index >= 15 is 0 Å². The van der Waals surface area contributed by atoms with E-state index in [-0.39, 0.29) is 0 Å². The fourth-order valence-corrected chi connectivity index (χ4v) is 2.24. The Balaban J connectivity index is 1.75. The summed E-state index contributed by atoms with van der Waals surface area (Å²) in [4.78, 5) is 2.30. The molecule has 4 nitrogen and oxygen atoms in total. The van der Waals surface area contributed by atoms with Crippen LogP contribution in [0, 0.1) is 11.3 Å². The molecule has 0 unspecified atom stereocenters. The standard InChI is InChI=1S/C14H12N4/c15-7-13-6-12-9-18(10-14(12)17-16-13)8-11-4-2-1-3-5-11/h1-6H,8-10H2. The molecule has 0 N–H and O–H groups in total. The van der Waals surface area contributed by atoms with Crippen molar-refractivity contribution < 1.29 is 0 Å². The van der Waals surface area contributed by atoms with Gasteiger partial charge in [0.2, 0.25) is 0 Å². The molecule has 88 valence electrons. The number of nitrogens with zero attached hydrogens (tertiary/aromatic N) is 4. The topological polar surface area (TPSA) is 52.8 Å². The molecular weight excluding hydrogens is 224 g/mol. The SMILES string of the molecule is N#Cc1cc2c(nn1)CN(Cc1ccccc1)C2. The van der Waals surface area contributed by atoms with E-state index in [4.69, 9.17) is 5.26 Å². The summed E-state index contributed by atoms with van der Waals surface area (Å²) >= 11 is 0. The normalized spacial score (nSPS) is 14.2. The molecule has 3 rings (SSSR count). The van der Waals surface area contributed by atoms with Crippen molar-refractivity contribution in [1.29, 1.82) is 5.26 Å². The highest BCUT2D eigenvalue weighted by Crippen LogP contribution is 2.22. The largest absolute Gasteiger partial charge is 0.289 e. The number of aromatic nitrogens is 2. The molecule has 0 bridgehead atoms. The molecule has 4 heteroatoms. The first-order chi connectivity index (χ1) is 8.85. The minimum absolute atomic E-state index is 0.398. The Morgan fingerprint density at radius 2 is 2.00 bits per heavy atom. The summed E-state index contributed by atoms with van der Waals surface area (Å²) in [7, 11) is 0. The van der Waals surface area contributed by atoms with Crippen LogP contribution in [-0.2, 0) is 19.6 Å². The highest BCUT2D eigenvalue weighted by molar-refractivity contribution is 5.30. The molecule has 1 aliphatic rings. The van der Waals surface area contributed by atoms with Crippen LogP contribution in [0.3, 0.4) is 0 Å². The van der Waals surface area contributed by atoms with Crippen LogP contribution in [0.2, 0.25) is 0 Å². The fourth-order valence-electron chi connectivity index (χ4n) is 2.24. The third-order valence-electron chi connectivity index (χ3n) is 3.09. The van der Waals surface area contributed by atoms with Gasteiger partial charge in [0.15, 0.2) is 5.69 Å². The zero-order valence-electron chi connectivity index (χ0n) is 9.87. The predicted molar refractivity (Wildman–Crippen MR) is 66.1 cm³/mol. The van der Waals surface area contributed by atoms with E-state index in [1.165, 1.54) is 5.56 Å². The Bertz CT molecular complexity index is 601. The smallest absolute Gasteiger partial charge is 0.163 e. The second-order valence-corrected chi connectivity index (χ2v) is 4.44. The molecule has 0 spiro atoms. The van der Waals surface area contributed by atoms with Crippen molar-refractivity contribution >= 4 is 0 Å². The molecule has 2 aromatic rings. The maximum absolute atomic E-state index is 8.80. The van der Waals surface area contributed by atoms with Crippen LogP contribution in [0.5, 0.6) is 0 Å². The van der Waals surface area contributed by atoms with Gasteiger partial charge in [0.05, 0.1) is 5.69 Å². The van der Waals surface area contributed by atoms with Gasteiger partial charge in [-0.3, -0.25) is 4.90 Å².